The van der Waals surface area contributed by atoms with Crippen LogP contribution in [0.3, 0.4) is 0 Å². The summed E-state index contributed by atoms with van der Waals surface area (Å²) in [5, 5.41) is 20.2. The molecule has 0 aliphatic heterocycles. The number of amides is 1. The summed E-state index contributed by atoms with van der Waals surface area (Å²) >= 11 is 0. The number of hydrogen-bond acceptors (Lipinski definition) is 5. The van der Waals surface area contributed by atoms with Crippen LogP contribution in [0.25, 0.3) is 0 Å². The molecule has 7 heteroatoms. The van der Waals surface area contributed by atoms with Gasteiger partial charge in [0, 0.05) is 12.3 Å². The number of carboxylic acid groups (broad SMARTS) is 1. The summed E-state index contributed by atoms with van der Waals surface area (Å²) < 4.78 is 0. The number of aryl methyl sites for hydroxylation is 1. The van der Waals surface area contributed by atoms with Crippen LogP contribution in [0.5, 0.6) is 0 Å². The Morgan fingerprint density at radius 2 is 1.75 bits per heavy atom. The van der Waals surface area contributed by atoms with Crippen molar-refractivity contribution >= 4 is 29.0 Å². The molecule has 0 radical (unpaired) electrons. The van der Waals surface area contributed by atoms with Gasteiger partial charge in [-0.1, -0.05) is 51.5 Å². The van der Waals surface area contributed by atoms with Gasteiger partial charge in [-0.25, -0.2) is 4.79 Å². The number of nitrogens with one attached hydrogen (secondary N) is 2. The first kappa shape index (κ1) is 32.5. The van der Waals surface area contributed by atoms with Gasteiger partial charge < -0.3 is 16.2 Å². The molecular formula is C29H44N4O3. The van der Waals surface area contributed by atoms with Gasteiger partial charge in [-0.15, -0.1) is 0 Å². The van der Waals surface area contributed by atoms with E-state index in [1.54, 1.807) is 18.2 Å². The molecule has 1 aromatic rings. The van der Waals surface area contributed by atoms with Crippen molar-refractivity contribution < 1.29 is 14.7 Å². The predicted molar refractivity (Wildman–Crippen MR) is 151 cm³/mol. The van der Waals surface area contributed by atoms with Crippen LogP contribution in [0.2, 0.25) is 0 Å². The van der Waals surface area contributed by atoms with Gasteiger partial charge >= 0.3 is 5.97 Å². The van der Waals surface area contributed by atoms with Crippen LogP contribution < -0.4 is 11.1 Å². The molecule has 198 valence electrons. The lowest BCUT2D eigenvalue weighted by molar-refractivity contribution is -0.129. The molecule has 0 spiro atoms. The van der Waals surface area contributed by atoms with Crippen LogP contribution in [0, 0.1) is 12.3 Å². The zero-order valence-electron chi connectivity index (χ0n) is 23.2. The number of carbonyl (C=O) groups is 2. The summed E-state index contributed by atoms with van der Waals surface area (Å²) in [6, 6.07) is 3.61. The van der Waals surface area contributed by atoms with Crippen LogP contribution >= 0.6 is 0 Å². The third-order valence-electron chi connectivity index (χ3n) is 5.17. The highest BCUT2D eigenvalue weighted by Gasteiger charge is 2.18. The molecule has 1 aromatic carbocycles. The van der Waals surface area contributed by atoms with E-state index in [1.165, 1.54) is 12.0 Å². The van der Waals surface area contributed by atoms with E-state index in [0.717, 1.165) is 36.1 Å². The monoisotopic (exact) mass is 496 g/mol. The molecule has 0 bridgehead atoms. The number of primary amides is 1. The largest absolute Gasteiger partial charge is 0.476 e. The lowest BCUT2D eigenvalue weighted by Crippen LogP contribution is -2.25. The second-order valence-corrected chi connectivity index (χ2v) is 8.21. The van der Waals surface area contributed by atoms with Crippen molar-refractivity contribution in [3.05, 3.63) is 63.9 Å². The van der Waals surface area contributed by atoms with Crippen LogP contribution in [0.15, 0.2) is 52.2 Å². The maximum atomic E-state index is 12.2. The van der Waals surface area contributed by atoms with Crippen molar-refractivity contribution in [3.8, 4) is 0 Å². The Bertz CT molecular complexity index is 1040. The van der Waals surface area contributed by atoms with Crippen LogP contribution in [0.4, 0.5) is 5.69 Å². The second kappa shape index (κ2) is 17.0. The summed E-state index contributed by atoms with van der Waals surface area (Å²) in [6.07, 6.45) is 9.74. The topological polar surface area (TPSA) is 129 Å². The van der Waals surface area contributed by atoms with Crippen molar-refractivity contribution in [2.45, 2.75) is 87.6 Å². The van der Waals surface area contributed by atoms with E-state index >= 15 is 0 Å². The first-order valence-corrected chi connectivity index (χ1v) is 12.7. The number of benzene rings is 1. The fourth-order valence-electron chi connectivity index (χ4n) is 3.50. The van der Waals surface area contributed by atoms with Gasteiger partial charge in [0.25, 0.3) is 5.91 Å². The van der Waals surface area contributed by atoms with Gasteiger partial charge in [0.2, 0.25) is 0 Å². The number of carboxylic acids is 1. The minimum absolute atomic E-state index is 0.169. The number of carbonyl (C=O) groups excluding carboxylic acids is 1. The molecule has 0 unspecified atom stereocenters. The number of nitrogens with two attached hydrogens (primary N) is 1. The summed E-state index contributed by atoms with van der Waals surface area (Å²) in [5.41, 5.74) is 10.6. The highest BCUT2D eigenvalue weighted by molar-refractivity contribution is 6.41. The van der Waals surface area contributed by atoms with Gasteiger partial charge in [-0.05, 0) is 82.2 Å². The molecule has 0 saturated carbocycles. The molecule has 36 heavy (non-hydrogen) atoms. The molecule has 2 rings (SSSR count). The summed E-state index contributed by atoms with van der Waals surface area (Å²) in [4.78, 5) is 28.3. The maximum Gasteiger partial charge on any atom is 0.355 e. The molecule has 0 aromatic heterocycles. The van der Waals surface area contributed by atoms with Crippen molar-refractivity contribution in [3.63, 3.8) is 0 Å². The van der Waals surface area contributed by atoms with Crippen molar-refractivity contribution in [1.29, 1.82) is 5.41 Å². The second-order valence-electron chi connectivity index (χ2n) is 8.21. The molecular weight excluding hydrogens is 452 g/mol. The first-order chi connectivity index (χ1) is 17.1. The molecule has 7 nitrogen and oxygen atoms in total. The zero-order chi connectivity index (χ0) is 27.8. The molecule has 1 aliphatic rings. The van der Waals surface area contributed by atoms with E-state index in [4.69, 9.17) is 16.1 Å². The molecule has 5 N–H and O–H groups in total. The van der Waals surface area contributed by atoms with Gasteiger partial charge in [0.1, 0.15) is 0 Å². The van der Waals surface area contributed by atoms with Crippen LogP contribution in [-0.2, 0) is 11.3 Å². The number of allylic oxidation sites excluding steroid dienone is 5. The molecule has 0 fully saturated rings. The first-order valence-electron chi connectivity index (χ1n) is 12.7. The van der Waals surface area contributed by atoms with Gasteiger partial charge in [-0.2, -0.15) is 0 Å². The SMILES string of the molecule is CC.CC.CC(C)=C/C=C(/NCc1cc(C)cc(C(N)=O)c1N=C(C)C1=CCCCC1)C(=N)C(=O)O. The van der Waals surface area contributed by atoms with Gasteiger partial charge in [0.15, 0.2) is 5.71 Å². The van der Waals surface area contributed by atoms with Crippen LogP contribution in [0.1, 0.15) is 95.6 Å². The number of hydrogen-bond donors (Lipinski definition) is 4. The van der Waals surface area contributed by atoms with Crippen molar-refractivity contribution in [2.24, 2.45) is 10.7 Å². The minimum Gasteiger partial charge on any atom is -0.476 e. The van der Waals surface area contributed by atoms with E-state index in [1.807, 2.05) is 61.5 Å². The Balaban J connectivity index is 0.00000291. The molecule has 1 amide bonds. The fourth-order valence-corrected chi connectivity index (χ4v) is 3.50. The number of rotatable bonds is 9. The van der Waals surface area contributed by atoms with E-state index in [9.17, 15) is 14.7 Å². The van der Waals surface area contributed by atoms with Crippen LogP contribution in [-0.4, -0.2) is 28.4 Å². The third kappa shape index (κ3) is 10.4. The maximum absolute atomic E-state index is 12.2. The molecule has 0 heterocycles. The molecule has 1 aliphatic carbocycles. The standard InChI is InChI=1S/C25H32N4O3.2C2H6/c1-15(2)10-11-21(22(26)25(31)32)28-14-19-12-16(3)13-20(24(27)30)23(19)29-17(4)18-8-6-5-7-9-18;2*1-2/h8,10-13,26,28H,5-7,9,14H2,1-4H3,(H2,27,30)(H,31,32);2*1-2H3/b21-11+,26-22?,29-17?;;. The Morgan fingerprint density at radius 3 is 2.25 bits per heavy atom. The molecule has 0 atom stereocenters. The smallest absolute Gasteiger partial charge is 0.355 e. The average molecular weight is 497 g/mol. The number of aliphatic carboxylic acids is 1. The Morgan fingerprint density at radius 1 is 1.11 bits per heavy atom. The van der Waals surface area contributed by atoms with Gasteiger partial charge in [0.05, 0.1) is 16.9 Å². The summed E-state index contributed by atoms with van der Waals surface area (Å²) in [6.45, 7) is 15.7. The lowest BCUT2D eigenvalue weighted by atomic mass is 9.96. The zero-order valence-corrected chi connectivity index (χ0v) is 23.2. The Hall–Kier alpha value is -3.48. The highest BCUT2D eigenvalue weighted by Crippen LogP contribution is 2.29. The van der Waals surface area contributed by atoms with Gasteiger partial charge in [-0.3, -0.25) is 15.2 Å². The third-order valence-corrected chi connectivity index (χ3v) is 5.17. The van der Waals surface area contributed by atoms with E-state index in [-0.39, 0.29) is 12.2 Å². The number of nitrogens with zero attached hydrogens (tertiary/aromatic N) is 1. The average Bonchev–Trinajstić information content (AvgIpc) is 2.87. The molecule has 0 saturated heterocycles. The quantitative estimate of drug-likeness (QED) is 0.222. The van der Waals surface area contributed by atoms with Crippen molar-refractivity contribution in [1.82, 2.24) is 5.32 Å². The summed E-state index contributed by atoms with van der Waals surface area (Å²) in [7, 11) is 0. The fraction of sp³-hybridized carbons (Fsp3) is 0.448. The minimum atomic E-state index is -1.33. The Labute approximate surface area is 216 Å². The highest BCUT2D eigenvalue weighted by atomic mass is 16.4. The van der Waals surface area contributed by atoms with E-state index in [2.05, 4.69) is 11.4 Å². The summed E-state index contributed by atoms with van der Waals surface area (Å²) in [5.74, 6) is -1.90. The van der Waals surface area contributed by atoms with Crippen molar-refractivity contribution in [2.75, 3.05) is 0 Å². The van der Waals surface area contributed by atoms with E-state index < -0.39 is 17.6 Å². The van der Waals surface area contributed by atoms with E-state index in [0.29, 0.717) is 16.8 Å². The predicted octanol–water partition coefficient (Wildman–Crippen LogP) is 6.78. The lowest BCUT2D eigenvalue weighted by Gasteiger charge is -2.17. The normalized spacial score (nSPS) is 13.2. The number of aliphatic imine (C=N–C) groups is 1. The Kier molecular flexibility index (Phi) is 15.4.